The minimum absolute atomic E-state index is 0.0707. The number of hydrogen-bond donors (Lipinski definition) is 2. The van der Waals surface area contributed by atoms with Crippen molar-refractivity contribution >= 4 is 5.91 Å². The topological polar surface area (TPSA) is 66.6 Å². The molecule has 1 aliphatic carbocycles. The van der Waals surface area contributed by atoms with Gasteiger partial charge >= 0.3 is 0 Å². The molecule has 2 aliphatic rings. The molecule has 2 fully saturated rings. The molecule has 0 aromatic rings. The van der Waals surface area contributed by atoms with E-state index in [4.69, 9.17) is 5.73 Å². The molecule has 0 bridgehead atoms. The van der Waals surface area contributed by atoms with Gasteiger partial charge in [0.1, 0.15) is 0 Å². The lowest BCUT2D eigenvalue weighted by Crippen LogP contribution is -2.57. The highest BCUT2D eigenvalue weighted by Crippen LogP contribution is 2.39. The lowest BCUT2D eigenvalue weighted by Gasteiger charge is -2.47. The van der Waals surface area contributed by atoms with Crippen molar-refractivity contribution in [1.29, 1.82) is 0 Å². The van der Waals surface area contributed by atoms with Crippen molar-refractivity contribution in [3.05, 3.63) is 0 Å². The third-order valence-corrected chi connectivity index (χ3v) is 4.78. The number of hydrogen-bond acceptors (Lipinski definition) is 3. The molecule has 1 aliphatic heterocycles. The van der Waals surface area contributed by atoms with Crippen molar-refractivity contribution in [2.24, 2.45) is 17.6 Å². The Morgan fingerprint density at radius 2 is 2.16 bits per heavy atom. The van der Waals surface area contributed by atoms with Crippen LogP contribution in [0.3, 0.4) is 0 Å². The number of amides is 1. The van der Waals surface area contributed by atoms with Gasteiger partial charge in [0, 0.05) is 19.0 Å². The Labute approximate surface area is 116 Å². The fourth-order valence-electron chi connectivity index (χ4n) is 3.61. The van der Waals surface area contributed by atoms with E-state index >= 15 is 0 Å². The maximum atomic E-state index is 12.3. The van der Waals surface area contributed by atoms with Crippen molar-refractivity contribution in [3.8, 4) is 0 Å². The predicted octanol–water partition coefficient (Wildman–Crippen LogP) is 1.51. The van der Waals surface area contributed by atoms with Gasteiger partial charge in [-0.25, -0.2) is 0 Å². The Morgan fingerprint density at radius 1 is 1.42 bits per heavy atom. The van der Waals surface area contributed by atoms with E-state index in [0.29, 0.717) is 19.0 Å². The van der Waals surface area contributed by atoms with Crippen molar-refractivity contribution in [2.45, 2.75) is 64.0 Å². The second-order valence-electron chi connectivity index (χ2n) is 6.82. The molecule has 19 heavy (non-hydrogen) atoms. The molecule has 4 heteroatoms. The summed E-state index contributed by atoms with van der Waals surface area (Å²) in [5.41, 5.74) is 5.48. The number of rotatable bonds is 3. The zero-order valence-corrected chi connectivity index (χ0v) is 12.3. The van der Waals surface area contributed by atoms with Gasteiger partial charge in [-0.1, -0.05) is 26.7 Å². The summed E-state index contributed by atoms with van der Waals surface area (Å²) >= 11 is 0. The number of nitrogens with zero attached hydrogens (tertiary/aromatic N) is 1. The molecule has 110 valence electrons. The smallest absolute Gasteiger partial charge is 0.239 e. The zero-order valence-electron chi connectivity index (χ0n) is 12.3. The van der Waals surface area contributed by atoms with Crippen molar-refractivity contribution in [3.63, 3.8) is 0 Å². The minimum atomic E-state index is -0.517. The molecule has 1 saturated heterocycles. The van der Waals surface area contributed by atoms with Gasteiger partial charge in [0.05, 0.1) is 11.6 Å². The molecule has 0 spiro atoms. The number of carbonyl (C=O) groups excluding carboxylic acids is 1. The Kier molecular flexibility index (Phi) is 4.51. The highest BCUT2D eigenvalue weighted by atomic mass is 16.3. The van der Waals surface area contributed by atoms with Crippen LogP contribution in [-0.4, -0.2) is 40.6 Å². The fourth-order valence-corrected chi connectivity index (χ4v) is 3.61. The fraction of sp³-hybridized carbons (Fsp3) is 0.933. The van der Waals surface area contributed by atoms with Gasteiger partial charge in [0.2, 0.25) is 5.91 Å². The van der Waals surface area contributed by atoms with Gasteiger partial charge in [0.25, 0.3) is 0 Å². The first kappa shape index (κ1) is 14.8. The highest BCUT2D eigenvalue weighted by Gasteiger charge is 2.44. The molecule has 1 amide bonds. The summed E-state index contributed by atoms with van der Waals surface area (Å²) in [7, 11) is 0. The van der Waals surface area contributed by atoms with E-state index in [9.17, 15) is 9.90 Å². The molecule has 0 radical (unpaired) electrons. The molecular formula is C15H28N2O2. The second-order valence-corrected chi connectivity index (χ2v) is 6.82. The highest BCUT2D eigenvalue weighted by molar-refractivity contribution is 5.81. The summed E-state index contributed by atoms with van der Waals surface area (Å²) in [6, 6.07) is -0.380. The average Bonchev–Trinajstić information content (AvgIpc) is 2.36. The predicted molar refractivity (Wildman–Crippen MR) is 75.5 cm³/mol. The molecule has 0 aromatic heterocycles. The second kappa shape index (κ2) is 5.80. The Balaban J connectivity index is 1.94. The van der Waals surface area contributed by atoms with Crippen LogP contribution >= 0.6 is 0 Å². The van der Waals surface area contributed by atoms with E-state index in [2.05, 4.69) is 13.8 Å². The van der Waals surface area contributed by atoms with Crippen molar-refractivity contribution < 1.29 is 9.90 Å². The van der Waals surface area contributed by atoms with Crippen LogP contribution in [0, 0.1) is 11.8 Å². The third kappa shape index (κ3) is 3.29. The SMILES string of the molecule is CC(C)C[C@H](N)C(=O)N1CCC2(O)CCCCC2C1. The summed E-state index contributed by atoms with van der Waals surface area (Å²) < 4.78 is 0. The van der Waals surface area contributed by atoms with Gasteiger partial charge in [0.15, 0.2) is 0 Å². The standard InChI is InChI=1S/C15H28N2O2/c1-11(2)9-13(16)14(18)17-8-7-15(19)6-4-3-5-12(15)10-17/h11-13,19H,3-10,16H2,1-2H3/t12?,13-,15?/m0/s1. The largest absolute Gasteiger partial charge is 0.389 e. The first-order valence-corrected chi connectivity index (χ1v) is 7.69. The van der Waals surface area contributed by atoms with Crippen LogP contribution in [0.1, 0.15) is 52.4 Å². The minimum Gasteiger partial charge on any atom is -0.389 e. The summed E-state index contributed by atoms with van der Waals surface area (Å²) in [5.74, 6) is 0.766. The number of likely N-dealkylation sites (tertiary alicyclic amines) is 1. The third-order valence-electron chi connectivity index (χ3n) is 4.78. The maximum absolute atomic E-state index is 12.3. The number of nitrogens with two attached hydrogens (primary N) is 1. The molecule has 4 nitrogen and oxygen atoms in total. The van der Waals surface area contributed by atoms with E-state index in [1.165, 1.54) is 6.42 Å². The van der Waals surface area contributed by atoms with Gasteiger partial charge in [-0.2, -0.15) is 0 Å². The van der Waals surface area contributed by atoms with Gasteiger partial charge < -0.3 is 15.7 Å². The molecule has 2 unspecified atom stereocenters. The molecule has 1 saturated carbocycles. The molecule has 0 aromatic carbocycles. The number of piperidine rings is 1. The van der Waals surface area contributed by atoms with Crippen LogP contribution in [0.15, 0.2) is 0 Å². The number of fused-ring (bicyclic) bond motifs is 1. The van der Waals surface area contributed by atoms with Crippen LogP contribution in [0.4, 0.5) is 0 Å². The Bertz CT molecular complexity index is 332. The zero-order chi connectivity index (χ0) is 14.0. The first-order chi connectivity index (χ1) is 8.92. The van der Waals surface area contributed by atoms with E-state index in [1.807, 2.05) is 4.90 Å². The summed E-state index contributed by atoms with van der Waals surface area (Å²) in [6.45, 7) is 5.53. The van der Waals surface area contributed by atoms with Crippen LogP contribution in [0.25, 0.3) is 0 Å². The number of aliphatic hydroxyl groups is 1. The van der Waals surface area contributed by atoms with Crippen LogP contribution in [0.5, 0.6) is 0 Å². The summed E-state index contributed by atoms with van der Waals surface area (Å²) in [5, 5.41) is 10.6. The van der Waals surface area contributed by atoms with Gasteiger partial charge in [-0.3, -0.25) is 4.79 Å². The maximum Gasteiger partial charge on any atom is 0.239 e. The molecule has 2 rings (SSSR count). The molecule has 3 N–H and O–H groups in total. The normalized spacial score (nSPS) is 33.1. The van der Waals surface area contributed by atoms with Crippen molar-refractivity contribution in [2.75, 3.05) is 13.1 Å². The number of carbonyl (C=O) groups is 1. The first-order valence-electron chi connectivity index (χ1n) is 7.69. The molecule has 3 atom stereocenters. The lowest BCUT2D eigenvalue weighted by molar-refractivity contribution is -0.145. The lowest BCUT2D eigenvalue weighted by atomic mass is 9.71. The van der Waals surface area contributed by atoms with Crippen molar-refractivity contribution in [1.82, 2.24) is 4.90 Å². The van der Waals surface area contributed by atoms with Gasteiger partial charge in [-0.05, 0) is 31.6 Å². The van der Waals surface area contributed by atoms with Crippen LogP contribution < -0.4 is 5.73 Å². The summed E-state index contributed by atoms with van der Waals surface area (Å²) in [6.07, 6.45) is 5.69. The monoisotopic (exact) mass is 268 g/mol. The Hall–Kier alpha value is -0.610. The van der Waals surface area contributed by atoms with Crippen LogP contribution in [0.2, 0.25) is 0 Å². The molecule has 1 heterocycles. The average molecular weight is 268 g/mol. The van der Waals surface area contributed by atoms with E-state index in [0.717, 1.165) is 32.1 Å². The van der Waals surface area contributed by atoms with E-state index < -0.39 is 5.60 Å². The van der Waals surface area contributed by atoms with Crippen LogP contribution in [-0.2, 0) is 4.79 Å². The van der Waals surface area contributed by atoms with E-state index in [-0.39, 0.29) is 17.9 Å². The summed E-state index contributed by atoms with van der Waals surface area (Å²) in [4.78, 5) is 14.2. The Morgan fingerprint density at radius 3 is 2.84 bits per heavy atom. The molecular weight excluding hydrogens is 240 g/mol. The van der Waals surface area contributed by atoms with E-state index in [1.54, 1.807) is 0 Å². The van der Waals surface area contributed by atoms with Gasteiger partial charge in [-0.15, -0.1) is 0 Å². The quantitative estimate of drug-likeness (QED) is 0.815.